The molecule has 0 aliphatic heterocycles. The van der Waals surface area contributed by atoms with E-state index in [1.807, 2.05) is 30.3 Å². The monoisotopic (exact) mass is 396 g/mol. The van der Waals surface area contributed by atoms with E-state index in [0.29, 0.717) is 4.47 Å². The molecule has 0 unspecified atom stereocenters. The van der Waals surface area contributed by atoms with Crippen molar-refractivity contribution >= 4 is 35.2 Å². The molecule has 0 aliphatic rings. The van der Waals surface area contributed by atoms with Gasteiger partial charge in [-0.1, -0.05) is 0 Å². The Hall–Kier alpha value is -1.88. The molecule has 0 radical (unpaired) electrons. The van der Waals surface area contributed by atoms with E-state index < -0.39 is 15.8 Å². The van der Waals surface area contributed by atoms with Crippen molar-refractivity contribution in [3.05, 3.63) is 71.2 Å². The van der Waals surface area contributed by atoms with Gasteiger partial charge in [0.25, 0.3) is 0 Å². The molecule has 0 spiro atoms. The maximum absolute atomic E-state index is 12.3. The van der Waals surface area contributed by atoms with Gasteiger partial charge in [0.1, 0.15) is 0 Å². The molecule has 2 aromatic carbocycles. The predicted molar refractivity (Wildman–Crippen MR) is 90.4 cm³/mol. The quantitative estimate of drug-likeness (QED) is 0.423. The van der Waals surface area contributed by atoms with Crippen LogP contribution in [0.1, 0.15) is 0 Å². The van der Waals surface area contributed by atoms with Crippen molar-refractivity contribution in [1.29, 1.82) is 0 Å². The Morgan fingerprint density at radius 1 is 1.04 bits per heavy atom. The molecule has 23 heavy (non-hydrogen) atoms. The number of ether oxygens (including phenoxy) is 1. The molecule has 0 saturated carbocycles. The number of rotatable bonds is 6. The minimum atomic E-state index is -3.46. The molecule has 4 nitrogen and oxygen atoms in total. The third-order valence-corrected chi connectivity index (χ3v) is 6.77. The van der Waals surface area contributed by atoms with E-state index in [9.17, 15) is 13.2 Å². The van der Waals surface area contributed by atoms with E-state index in [-0.39, 0.29) is 25.6 Å². The van der Waals surface area contributed by atoms with Gasteiger partial charge in [-0.05, 0) is 0 Å². The predicted octanol–water partition coefficient (Wildman–Crippen LogP) is 1.55. The third kappa shape index (κ3) is 5.06. The summed E-state index contributed by atoms with van der Waals surface area (Å²) in [4.78, 5) is 12.1. The van der Waals surface area contributed by atoms with Crippen molar-refractivity contribution in [2.24, 2.45) is 0 Å². The summed E-state index contributed by atoms with van der Waals surface area (Å²) in [6.45, 7) is 0. The average Bonchev–Trinajstić information content (AvgIpc) is 2.59. The average molecular weight is 395 g/mol. The molecule has 0 bridgehead atoms. The van der Waals surface area contributed by atoms with E-state index >= 15 is 0 Å². The normalized spacial score (nSPS) is 12.0. The van der Waals surface area contributed by atoms with Gasteiger partial charge in [-0.3, -0.25) is 0 Å². The van der Waals surface area contributed by atoms with Crippen molar-refractivity contribution in [1.82, 2.24) is 0 Å². The van der Waals surface area contributed by atoms with E-state index in [1.165, 1.54) is 13.2 Å². The zero-order valence-electron chi connectivity index (χ0n) is 12.5. The van der Waals surface area contributed by atoms with E-state index in [4.69, 9.17) is 4.74 Å². The molecular formula is C17H16O4SSe. The van der Waals surface area contributed by atoms with Gasteiger partial charge in [0.15, 0.2) is 0 Å². The number of sulfone groups is 1. The van der Waals surface area contributed by atoms with E-state index in [1.54, 1.807) is 30.3 Å². The van der Waals surface area contributed by atoms with Gasteiger partial charge in [-0.2, -0.15) is 0 Å². The van der Waals surface area contributed by atoms with Gasteiger partial charge in [0, 0.05) is 0 Å². The summed E-state index contributed by atoms with van der Waals surface area (Å²) in [5.41, 5.74) is 0. The summed E-state index contributed by atoms with van der Waals surface area (Å²) in [6, 6.07) is 17.7. The van der Waals surface area contributed by atoms with Crippen LogP contribution in [-0.2, 0) is 19.4 Å². The number of carbonyl (C=O) groups excluding carboxylic acids is 1. The number of hydrogen-bond donors (Lipinski definition) is 0. The van der Waals surface area contributed by atoms with Crippen LogP contribution in [0.2, 0.25) is 0 Å². The second kappa shape index (κ2) is 8.11. The zero-order chi connectivity index (χ0) is 16.7. The second-order valence-corrected chi connectivity index (χ2v) is 8.94. The Balaban J connectivity index is 2.22. The fourth-order valence-electron chi connectivity index (χ4n) is 1.79. The van der Waals surface area contributed by atoms with Gasteiger partial charge in [-0.25, -0.2) is 0 Å². The molecule has 0 aliphatic carbocycles. The van der Waals surface area contributed by atoms with Crippen LogP contribution in [0.25, 0.3) is 0 Å². The number of benzene rings is 2. The molecule has 2 rings (SSSR count). The van der Waals surface area contributed by atoms with Crippen molar-refractivity contribution in [3.63, 3.8) is 0 Å². The molecule has 0 atom stereocenters. The standard InChI is InChI=1S/C17H16O4SSe/c1-21-17(18)16(23-15-10-6-3-7-11-15)12-13-22(19,20)14-8-4-2-5-9-14/h2-12H,13H2,1H3/b16-12-. The van der Waals surface area contributed by atoms with Crippen LogP contribution in [0.15, 0.2) is 76.1 Å². The Morgan fingerprint density at radius 2 is 1.61 bits per heavy atom. The van der Waals surface area contributed by atoms with Crippen LogP contribution in [0.5, 0.6) is 0 Å². The summed E-state index contributed by atoms with van der Waals surface area (Å²) >= 11 is -0.305. The Bertz CT molecular complexity index is 784. The van der Waals surface area contributed by atoms with Crippen molar-refractivity contribution in [2.45, 2.75) is 4.90 Å². The number of carbonyl (C=O) groups is 1. The molecular weight excluding hydrogens is 379 g/mol. The van der Waals surface area contributed by atoms with Crippen molar-refractivity contribution in [3.8, 4) is 0 Å². The number of methoxy groups -OCH3 is 1. The van der Waals surface area contributed by atoms with Gasteiger partial charge in [0.05, 0.1) is 0 Å². The summed E-state index contributed by atoms with van der Waals surface area (Å²) in [5, 5.41) is 0. The fourth-order valence-corrected chi connectivity index (χ4v) is 5.03. The van der Waals surface area contributed by atoms with Gasteiger partial charge < -0.3 is 0 Å². The third-order valence-electron chi connectivity index (χ3n) is 2.95. The van der Waals surface area contributed by atoms with Crippen LogP contribution in [0.4, 0.5) is 0 Å². The first-order valence-electron chi connectivity index (χ1n) is 6.82. The van der Waals surface area contributed by atoms with Gasteiger partial charge in [0.2, 0.25) is 0 Å². The molecule has 0 saturated heterocycles. The summed E-state index contributed by atoms with van der Waals surface area (Å²) in [6.07, 6.45) is 1.46. The minimum absolute atomic E-state index is 0.226. The molecule has 0 N–H and O–H groups in total. The molecule has 0 fully saturated rings. The van der Waals surface area contributed by atoms with Gasteiger partial charge >= 0.3 is 142 Å². The molecule has 6 heteroatoms. The molecule has 0 amide bonds. The Kier molecular flexibility index (Phi) is 6.16. The number of hydrogen-bond acceptors (Lipinski definition) is 4. The number of esters is 1. The molecule has 0 heterocycles. The van der Waals surface area contributed by atoms with Crippen molar-refractivity contribution < 1.29 is 17.9 Å². The van der Waals surface area contributed by atoms with Crippen LogP contribution < -0.4 is 4.46 Å². The SMILES string of the molecule is COC(=O)/C(=C/CS(=O)(=O)c1ccccc1)[Se]c1ccccc1. The summed E-state index contributed by atoms with van der Waals surface area (Å²) in [5.74, 6) is -0.715. The fraction of sp³-hybridized carbons (Fsp3) is 0.118. The summed E-state index contributed by atoms with van der Waals surface area (Å²) in [7, 11) is -2.17. The van der Waals surface area contributed by atoms with Crippen molar-refractivity contribution in [2.75, 3.05) is 12.9 Å². The first-order valence-corrected chi connectivity index (χ1v) is 10.2. The Morgan fingerprint density at radius 3 is 2.17 bits per heavy atom. The van der Waals surface area contributed by atoms with Crippen LogP contribution in [0, 0.1) is 0 Å². The van der Waals surface area contributed by atoms with E-state index in [2.05, 4.69) is 0 Å². The van der Waals surface area contributed by atoms with Gasteiger partial charge in [-0.15, -0.1) is 0 Å². The Labute approximate surface area is 142 Å². The maximum atomic E-state index is 12.3. The van der Waals surface area contributed by atoms with Crippen LogP contribution in [0.3, 0.4) is 0 Å². The molecule has 2 aromatic rings. The summed E-state index contributed by atoms with van der Waals surface area (Å²) < 4.78 is 30.8. The second-order valence-electron chi connectivity index (χ2n) is 4.57. The van der Waals surface area contributed by atoms with Crippen LogP contribution in [-0.4, -0.2) is 42.2 Å². The van der Waals surface area contributed by atoms with E-state index in [0.717, 1.165) is 4.46 Å². The first-order chi connectivity index (χ1) is 11.0. The molecule has 0 aromatic heterocycles. The molecule has 120 valence electrons. The zero-order valence-corrected chi connectivity index (χ0v) is 15.0. The first kappa shape index (κ1) is 17.5. The topological polar surface area (TPSA) is 60.4 Å². The van der Waals surface area contributed by atoms with Crippen LogP contribution >= 0.6 is 0 Å².